The van der Waals surface area contributed by atoms with Gasteiger partial charge in [0, 0.05) is 55.1 Å². The number of ketones is 1. The number of nitrogens with one attached hydrogen (secondary N) is 1. The number of ether oxygens (including phenoxy) is 1. The number of likely N-dealkylation sites (N-methyl/N-ethyl adjacent to an activating group) is 1. The molecule has 1 aliphatic carbocycles. The molecule has 1 N–H and O–H groups in total. The summed E-state index contributed by atoms with van der Waals surface area (Å²) in [5.41, 5.74) is 2.14. The number of hydrogen-bond acceptors (Lipinski definition) is 8. The quantitative estimate of drug-likeness (QED) is 0.538. The van der Waals surface area contributed by atoms with E-state index in [0.717, 1.165) is 55.4 Å². The van der Waals surface area contributed by atoms with Crippen molar-refractivity contribution >= 4 is 34.1 Å². The molecule has 3 aliphatic heterocycles. The van der Waals surface area contributed by atoms with Gasteiger partial charge in [-0.2, -0.15) is 0 Å². The van der Waals surface area contributed by atoms with Crippen molar-refractivity contribution in [2.45, 2.75) is 58.2 Å². The van der Waals surface area contributed by atoms with E-state index in [9.17, 15) is 14.4 Å². The third kappa shape index (κ3) is 6.05. The molecular weight excluding hydrogens is 538 g/mol. The summed E-state index contributed by atoms with van der Waals surface area (Å²) in [7, 11) is 2.14. The Morgan fingerprint density at radius 1 is 1.12 bits per heavy atom. The van der Waals surface area contributed by atoms with Gasteiger partial charge in [0.1, 0.15) is 18.7 Å². The number of amides is 2. The maximum atomic E-state index is 13.9. The highest BCUT2D eigenvalue weighted by Gasteiger charge is 2.56. The first kappa shape index (κ1) is 28.3. The Kier molecular flexibility index (Phi) is 7.67. The van der Waals surface area contributed by atoms with Gasteiger partial charge >= 0.3 is 0 Å². The molecule has 6 rings (SSSR count). The van der Waals surface area contributed by atoms with Crippen LogP contribution in [0.2, 0.25) is 0 Å². The number of carbonyl (C=O) groups is 3. The molecule has 41 heavy (non-hydrogen) atoms. The van der Waals surface area contributed by atoms with Crippen LogP contribution < -0.4 is 10.2 Å². The van der Waals surface area contributed by atoms with Crippen LogP contribution in [0.15, 0.2) is 29.6 Å². The van der Waals surface area contributed by atoms with Gasteiger partial charge in [0.05, 0.1) is 11.8 Å². The summed E-state index contributed by atoms with van der Waals surface area (Å²) in [6.07, 6.45) is 2.52. The lowest BCUT2D eigenvalue weighted by molar-refractivity contribution is -0.138. The summed E-state index contributed by atoms with van der Waals surface area (Å²) in [5.74, 6) is 0.229. The molecule has 220 valence electrons. The smallest absolute Gasteiger partial charge is 0.251 e. The van der Waals surface area contributed by atoms with Gasteiger partial charge in [-0.15, -0.1) is 11.3 Å². The number of benzene rings is 1. The Morgan fingerprint density at radius 3 is 2.49 bits per heavy atom. The number of likely N-dealkylation sites (tertiary alicyclic amines) is 1. The fourth-order valence-corrected chi connectivity index (χ4v) is 7.34. The number of piperazine rings is 1. The van der Waals surface area contributed by atoms with E-state index in [1.807, 2.05) is 12.1 Å². The van der Waals surface area contributed by atoms with Gasteiger partial charge < -0.3 is 24.8 Å². The lowest BCUT2D eigenvalue weighted by Crippen LogP contribution is -2.53. The minimum atomic E-state index is -0.723. The normalized spacial score (nSPS) is 25.9. The predicted octanol–water partition coefficient (Wildman–Crippen LogP) is 3.30. The largest absolute Gasteiger partial charge is 0.367 e. The predicted molar refractivity (Wildman–Crippen MR) is 159 cm³/mol. The van der Waals surface area contributed by atoms with Crippen LogP contribution in [0.5, 0.6) is 0 Å². The second kappa shape index (κ2) is 11.1. The molecule has 0 bridgehead atoms. The number of hydrogen-bond donors (Lipinski definition) is 1. The van der Waals surface area contributed by atoms with Gasteiger partial charge in [0.2, 0.25) is 5.91 Å². The zero-order chi connectivity index (χ0) is 28.9. The van der Waals surface area contributed by atoms with Gasteiger partial charge in [0.15, 0.2) is 10.9 Å². The van der Waals surface area contributed by atoms with Crippen LogP contribution in [0.1, 0.15) is 50.4 Å². The maximum Gasteiger partial charge on any atom is 0.251 e. The number of thiazole rings is 1. The highest BCUT2D eigenvalue weighted by Crippen LogP contribution is 2.46. The minimum absolute atomic E-state index is 0.0271. The van der Waals surface area contributed by atoms with Gasteiger partial charge in [0.25, 0.3) is 5.91 Å². The summed E-state index contributed by atoms with van der Waals surface area (Å²) in [6.45, 7) is 10.8. The molecule has 1 aromatic carbocycles. The summed E-state index contributed by atoms with van der Waals surface area (Å²) < 4.78 is 5.86. The fourth-order valence-electron chi connectivity index (χ4n) is 6.45. The third-order valence-electron chi connectivity index (χ3n) is 8.86. The SMILES string of the molecule is CN1CCN(c2nc(-c3ccc(C(=O)NC(CC(C)(C)C)C(=O)N4C[C@@H](C5CC5)[C@H]5OCC(=O)[C@H]54)cc3)cs2)CC1. The van der Waals surface area contributed by atoms with Crippen molar-refractivity contribution in [2.24, 2.45) is 17.3 Å². The Morgan fingerprint density at radius 2 is 1.83 bits per heavy atom. The first-order chi connectivity index (χ1) is 19.6. The van der Waals surface area contributed by atoms with Crippen molar-refractivity contribution in [3.05, 3.63) is 35.2 Å². The number of aromatic nitrogens is 1. The molecule has 4 fully saturated rings. The Balaban J connectivity index is 1.15. The van der Waals surface area contributed by atoms with Crippen molar-refractivity contribution in [3.8, 4) is 11.3 Å². The molecule has 4 atom stereocenters. The molecule has 3 saturated heterocycles. The monoisotopic (exact) mass is 579 g/mol. The number of nitrogens with zero attached hydrogens (tertiary/aromatic N) is 4. The van der Waals surface area contributed by atoms with Crippen molar-refractivity contribution < 1.29 is 19.1 Å². The molecule has 4 heterocycles. The van der Waals surface area contributed by atoms with E-state index in [2.05, 4.69) is 48.3 Å². The van der Waals surface area contributed by atoms with E-state index in [-0.39, 0.29) is 41.6 Å². The third-order valence-corrected chi connectivity index (χ3v) is 9.77. The molecule has 0 radical (unpaired) electrons. The average Bonchev–Trinajstić information content (AvgIpc) is 3.35. The minimum Gasteiger partial charge on any atom is -0.367 e. The first-order valence-corrected chi connectivity index (χ1v) is 15.7. The molecule has 4 aliphatic rings. The van der Waals surface area contributed by atoms with Gasteiger partial charge in [-0.1, -0.05) is 32.9 Å². The Labute approximate surface area is 246 Å². The van der Waals surface area contributed by atoms with Crippen molar-refractivity contribution in [1.82, 2.24) is 20.1 Å². The molecule has 1 unspecified atom stereocenters. The number of anilines is 1. The first-order valence-electron chi connectivity index (χ1n) is 14.8. The zero-order valence-electron chi connectivity index (χ0n) is 24.5. The van der Waals surface area contributed by atoms with Gasteiger partial charge in [-0.3, -0.25) is 14.4 Å². The maximum absolute atomic E-state index is 13.9. The van der Waals surface area contributed by atoms with E-state index in [4.69, 9.17) is 9.72 Å². The van der Waals surface area contributed by atoms with E-state index < -0.39 is 12.1 Å². The lowest BCUT2D eigenvalue weighted by atomic mass is 9.87. The van der Waals surface area contributed by atoms with Crippen LogP contribution in [0.25, 0.3) is 11.3 Å². The second-order valence-electron chi connectivity index (χ2n) is 13.4. The summed E-state index contributed by atoms with van der Waals surface area (Å²) in [5, 5.41) is 6.11. The van der Waals surface area contributed by atoms with E-state index in [1.165, 1.54) is 0 Å². The molecule has 1 aromatic heterocycles. The fraction of sp³-hybridized carbons (Fsp3) is 0.613. The van der Waals surface area contributed by atoms with Gasteiger partial charge in [-0.25, -0.2) is 4.98 Å². The number of fused-ring (bicyclic) bond motifs is 1. The highest BCUT2D eigenvalue weighted by atomic mass is 32.1. The lowest BCUT2D eigenvalue weighted by Gasteiger charge is -2.32. The Bertz CT molecular complexity index is 1290. The second-order valence-corrected chi connectivity index (χ2v) is 14.2. The molecule has 9 nitrogen and oxygen atoms in total. The van der Waals surface area contributed by atoms with E-state index in [1.54, 1.807) is 28.4 Å². The molecule has 1 saturated carbocycles. The Hall–Kier alpha value is -2.82. The van der Waals surface area contributed by atoms with Crippen LogP contribution in [0.3, 0.4) is 0 Å². The standard InChI is InChI=1S/C31H41N5O4S/c1-31(2,3)15-23(29(39)36-16-22(19-5-6-19)27-26(36)25(37)17-40-27)32-28(38)21-9-7-20(8-10-21)24-18-41-30(33-24)35-13-11-34(4)12-14-35/h7-10,18-19,22-23,26-27H,5-6,11-17H2,1-4H3,(H,32,38)/t22-,23?,26+,27+/m0/s1. The summed E-state index contributed by atoms with van der Waals surface area (Å²) >= 11 is 1.65. The molecule has 2 aromatic rings. The van der Waals surface area contributed by atoms with E-state index in [0.29, 0.717) is 24.4 Å². The van der Waals surface area contributed by atoms with Crippen LogP contribution in [0, 0.1) is 17.3 Å². The van der Waals surface area contributed by atoms with Crippen LogP contribution in [-0.4, -0.2) is 96.9 Å². The van der Waals surface area contributed by atoms with Crippen LogP contribution >= 0.6 is 11.3 Å². The molecule has 10 heteroatoms. The van der Waals surface area contributed by atoms with Crippen molar-refractivity contribution in [2.75, 3.05) is 51.3 Å². The number of rotatable bonds is 7. The van der Waals surface area contributed by atoms with Crippen LogP contribution in [0.4, 0.5) is 5.13 Å². The number of carbonyl (C=O) groups excluding carboxylic acids is 3. The highest BCUT2D eigenvalue weighted by molar-refractivity contribution is 7.14. The van der Waals surface area contributed by atoms with Crippen LogP contribution in [-0.2, 0) is 14.3 Å². The average molecular weight is 580 g/mol. The van der Waals surface area contributed by atoms with Gasteiger partial charge in [-0.05, 0) is 49.8 Å². The summed E-state index contributed by atoms with van der Waals surface area (Å²) in [4.78, 5) is 51.3. The van der Waals surface area contributed by atoms with Crippen molar-refractivity contribution in [3.63, 3.8) is 0 Å². The number of Topliss-reactive ketones (excluding diaryl/α,β-unsaturated/α-hetero) is 1. The zero-order valence-corrected chi connectivity index (χ0v) is 25.3. The molecular formula is C31H41N5O4S. The topological polar surface area (TPSA) is 95.1 Å². The molecule has 0 spiro atoms. The van der Waals surface area contributed by atoms with Crippen molar-refractivity contribution in [1.29, 1.82) is 0 Å². The summed E-state index contributed by atoms with van der Waals surface area (Å²) in [6, 6.07) is 6.17. The van der Waals surface area contributed by atoms with E-state index >= 15 is 0 Å². The molecule has 2 amide bonds.